The standard InChI is InChI=1S/C28H25ClN2O3S/c1-17-9-11-18(12-10-17)28(4)16-27(2,3)30(22-8-6-5-7-21(22)28)26(32)25-24(29)20-14-13-19(31(33)34)15-23(20)35-25/h5-15H,16H2,1-4H3/t28-/m0/s1. The van der Waals surface area contributed by atoms with Crippen LogP contribution in [0.15, 0.2) is 66.7 Å². The molecule has 2 heterocycles. The van der Waals surface area contributed by atoms with E-state index in [0.29, 0.717) is 20.0 Å². The average molecular weight is 505 g/mol. The topological polar surface area (TPSA) is 63.5 Å². The summed E-state index contributed by atoms with van der Waals surface area (Å²) in [6.45, 7) is 8.49. The van der Waals surface area contributed by atoms with Gasteiger partial charge in [0.25, 0.3) is 11.6 Å². The van der Waals surface area contributed by atoms with E-state index in [1.54, 1.807) is 6.07 Å². The highest BCUT2D eigenvalue weighted by atomic mass is 35.5. The normalized spacial score (nSPS) is 18.9. The number of rotatable bonds is 3. The molecule has 0 unspecified atom stereocenters. The van der Waals surface area contributed by atoms with Crippen LogP contribution >= 0.6 is 22.9 Å². The molecule has 5 rings (SSSR count). The predicted molar refractivity (Wildman–Crippen MR) is 143 cm³/mol. The molecule has 0 spiro atoms. The van der Waals surface area contributed by atoms with Crippen LogP contribution in [0.4, 0.5) is 11.4 Å². The maximum atomic E-state index is 14.1. The Hall–Kier alpha value is -3.22. The number of fused-ring (bicyclic) bond motifs is 2. The third kappa shape index (κ3) is 3.72. The fourth-order valence-corrected chi connectivity index (χ4v) is 6.95. The molecule has 1 aromatic heterocycles. The van der Waals surface area contributed by atoms with Gasteiger partial charge in [-0.1, -0.05) is 66.6 Å². The molecule has 0 N–H and O–H groups in total. The zero-order valence-electron chi connectivity index (χ0n) is 20.0. The van der Waals surface area contributed by atoms with Crippen molar-refractivity contribution in [3.05, 3.63) is 103 Å². The molecule has 4 aromatic rings. The second-order valence-corrected chi connectivity index (χ2v) is 11.5. The number of hydrogen-bond acceptors (Lipinski definition) is 4. The number of nitrogens with zero attached hydrogens (tertiary/aromatic N) is 2. The van der Waals surface area contributed by atoms with Crippen molar-refractivity contribution in [2.24, 2.45) is 0 Å². The predicted octanol–water partition coefficient (Wildman–Crippen LogP) is 7.91. The van der Waals surface area contributed by atoms with Gasteiger partial charge in [-0.2, -0.15) is 0 Å². The van der Waals surface area contributed by atoms with Crippen LogP contribution in [0.2, 0.25) is 5.02 Å². The van der Waals surface area contributed by atoms with E-state index in [1.807, 2.05) is 23.1 Å². The molecule has 1 amide bonds. The van der Waals surface area contributed by atoms with Crippen LogP contribution in [-0.4, -0.2) is 16.4 Å². The summed E-state index contributed by atoms with van der Waals surface area (Å²) >= 11 is 7.89. The van der Waals surface area contributed by atoms with Crippen LogP contribution in [0.1, 0.15) is 53.6 Å². The molecule has 0 aliphatic carbocycles. The van der Waals surface area contributed by atoms with Crippen molar-refractivity contribution in [2.45, 2.75) is 45.1 Å². The van der Waals surface area contributed by atoms with Crippen molar-refractivity contribution in [1.29, 1.82) is 0 Å². The van der Waals surface area contributed by atoms with Crippen molar-refractivity contribution in [2.75, 3.05) is 4.90 Å². The second kappa shape index (κ2) is 8.18. The molecule has 0 saturated heterocycles. The number of thiophene rings is 1. The molecule has 7 heteroatoms. The lowest BCUT2D eigenvalue weighted by molar-refractivity contribution is -0.384. The maximum Gasteiger partial charge on any atom is 0.270 e. The number of aryl methyl sites for hydroxylation is 1. The number of halogens is 1. The molecule has 1 atom stereocenters. The van der Waals surface area contributed by atoms with Gasteiger partial charge in [-0.15, -0.1) is 11.3 Å². The number of para-hydroxylation sites is 1. The molecule has 35 heavy (non-hydrogen) atoms. The molecule has 0 bridgehead atoms. The van der Waals surface area contributed by atoms with Gasteiger partial charge in [0, 0.05) is 38.9 Å². The maximum absolute atomic E-state index is 14.1. The molecule has 178 valence electrons. The Labute approximate surface area is 213 Å². The summed E-state index contributed by atoms with van der Waals surface area (Å²) in [5.74, 6) is -0.192. The van der Waals surface area contributed by atoms with E-state index in [9.17, 15) is 14.9 Å². The summed E-state index contributed by atoms with van der Waals surface area (Å²) in [5, 5.41) is 12.2. The van der Waals surface area contributed by atoms with Gasteiger partial charge < -0.3 is 4.90 Å². The molecule has 0 radical (unpaired) electrons. The lowest BCUT2D eigenvalue weighted by Gasteiger charge is -2.51. The zero-order valence-corrected chi connectivity index (χ0v) is 21.5. The van der Waals surface area contributed by atoms with Crippen LogP contribution in [0.3, 0.4) is 0 Å². The van der Waals surface area contributed by atoms with Crippen LogP contribution in [0.5, 0.6) is 0 Å². The van der Waals surface area contributed by atoms with Crippen molar-refractivity contribution >= 4 is 50.3 Å². The Morgan fingerprint density at radius 2 is 1.74 bits per heavy atom. The number of benzene rings is 3. The Bertz CT molecular complexity index is 1490. The summed E-state index contributed by atoms with van der Waals surface area (Å²) in [6.07, 6.45) is 0.722. The molecule has 1 aliphatic heterocycles. The van der Waals surface area contributed by atoms with Crippen molar-refractivity contribution < 1.29 is 9.72 Å². The molecule has 5 nitrogen and oxygen atoms in total. The highest BCUT2D eigenvalue weighted by Gasteiger charge is 2.48. The fourth-order valence-electron chi connectivity index (χ4n) is 5.47. The van der Waals surface area contributed by atoms with E-state index in [-0.39, 0.29) is 17.0 Å². The van der Waals surface area contributed by atoms with Gasteiger partial charge in [0.2, 0.25) is 0 Å². The summed E-state index contributed by atoms with van der Waals surface area (Å²) in [6, 6.07) is 21.2. The molecule has 0 fully saturated rings. The Morgan fingerprint density at radius 3 is 2.43 bits per heavy atom. The van der Waals surface area contributed by atoms with E-state index in [2.05, 4.69) is 58.0 Å². The van der Waals surface area contributed by atoms with E-state index in [0.717, 1.165) is 17.7 Å². The second-order valence-electron chi connectivity index (χ2n) is 10.0. The van der Waals surface area contributed by atoms with Crippen LogP contribution in [0, 0.1) is 17.0 Å². The Kier molecular flexibility index (Phi) is 5.49. The van der Waals surface area contributed by atoms with E-state index < -0.39 is 10.5 Å². The highest BCUT2D eigenvalue weighted by Crippen LogP contribution is 2.51. The first-order valence-electron chi connectivity index (χ1n) is 11.4. The summed E-state index contributed by atoms with van der Waals surface area (Å²) in [7, 11) is 0. The quantitative estimate of drug-likeness (QED) is 0.210. The summed E-state index contributed by atoms with van der Waals surface area (Å²) in [5.41, 5.74) is 3.54. The lowest BCUT2D eigenvalue weighted by Crippen LogP contribution is -2.55. The van der Waals surface area contributed by atoms with Gasteiger partial charge >= 0.3 is 0 Å². The number of nitro groups is 1. The summed E-state index contributed by atoms with van der Waals surface area (Å²) < 4.78 is 0.625. The number of anilines is 1. The minimum Gasteiger partial charge on any atom is -0.302 e. The monoisotopic (exact) mass is 504 g/mol. The first-order chi connectivity index (χ1) is 16.5. The van der Waals surface area contributed by atoms with Gasteiger partial charge in [0.15, 0.2) is 0 Å². The van der Waals surface area contributed by atoms with E-state index in [1.165, 1.54) is 34.6 Å². The Balaban J connectivity index is 1.66. The van der Waals surface area contributed by atoms with E-state index >= 15 is 0 Å². The minimum atomic E-state index is -0.517. The highest BCUT2D eigenvalue weighted by molar-refractivity contribution is 7.21. The van der Waals surface area contributed by atoms with Crippen LogP contribution in [-0.2, 0) is 5.41 Å². The zero-order chi connectivity index (χ0) is 25.1. The number of amides is 1. The lowest BCUT2D eigenvalue weighted by atomic mass is 9.65. The van der Waals surface area contributed by atoms with Crippen molar-refractivity contribution in [1.82, 2.24) is 0 Å². The van der Waals surface area contributed by atoms with Crippen LogP contribution in [0.25, 0.3) is 10.1 Å². The number of hydrogen-bond donors (Lipinski definition) is 0. The van der Waals surface area contributed by atoms with Gasteiger partial charge in [-0.25, -0.2) is 0 Å². The SMILES string of the molecule is Cc1ccc([C@]2(C)CC(C)(C)N(C(=O)c3sc4cc([N+](=O)[O-])ccc4c3Cl)c3ccccc32)cc1. The smallest absolute Gasteiger partial charge is 0.270 e. The van der Waals surface area contributed by atoms with Gasteiger partial charge in [0.1, 0.15) is 4.88 Å². The fraction of sp³-hybridized carbons (Fsp3) is 0.250. The number of non-ortho nitro benzene ring substituents is 1. The molecule has 1 aliphatic rings. The van der Waals surface area contributed by atoms with Crippen molar-refractivity contribution in [3.8, 4) is 0 Å². The molecule has 3 aromatic carbocycles. The molecular weight excluding hydrogens is 480 g/mol. The molecular formula is C28H25ClN2O3S. The number of nitro benzene ring substituents is 1. The third-order valence-electron chi connectivity index (χ3n) is 7.04. The van der Waals surface area contributed by atoms with Gasteiger partial charge in [-0.3, -0.25) is 14.9 Å². The van der Waals surface area contributed by atoms with Crippen LogP contribution < -0.4 is 4.90 Å². The average Bonchev–Trinajstić information content (AvgIpc) is 3.14. The first-order valence-corrected chi connectivity index (χ1v) is 12.6. The summed E-state index contributed by atoms with van der Waals surface area (Å²) in [4.78, 5) is 27.1. The number of carbonyl (C=O) groups is 1. The van der Waals surface area contributed by atoms with E-state index in [4.69, 9.17) is 11.6 Å². The number of carbonyl (C=O) groups excluding carboxylic acids is 1. The van der Waals surface area contributed by atoms with Gasteiger partial charge in [0.05, 0.1) is 9.95 Å². The molecule has 0 saturated carbocycles. The van der Waals surface area contributed by atoms with Gasteiger partial charge in [-0.05, 0) is 50.5 Å². The Morgan fingerprint density at radius 1 is 1.06 bits per heavy atom. The first kappa shape index (κ1) is 23.5. The van der Waals surface area contributed by atoms with Crippen molar-refractivity contribution in [3.63, 3.8) is 0 Å². The third-order valence-corrected chi connectivity index (χ3v) is 8.69. The largest absolute Gasteiger partial charge is 0.302 e. The minimum absolute atomic E-state index is 0.0214.